The predicted molar refractivity (Wildman–Crippen MR) is 160 cm³/mol. The molecule has 200 valence electrons. The molecule has 1 unspecified atom stereocenters. The summed E-state index contributed by atoms with van der Waals surface area (Å²) in [6.45, 7) is 24.6. The van der Waals surface area contributed by atoms with E-state index < -0.39 is 0 Å². The average molecular weight is 559 g/mol. The van der Waals surface area contributed by atoms with Crippen LogP contribution in [0.3, 0.4) is 0 Å². The molecule has 0 spiro atoms. The normalized spacial score (nSPS) is 13.7. The van der Waals surface area contributed by atoms with Gasteiger partial charge in [0.1, 0.15) is 0 Å². The molecule has 0 bridgehead atoms. The summed E-state index contributed by atoms with van der Waals surface area (Å²) >= 11 is 7.74. The molecule has 0 saturated heterocycles. The Morgan fingerprint density at radius 2 is 1.11 bits per heavy atom. The summed E-state index contributed by atoms with van der Waals surface area (Å²) in [5.74, 6) is 3.63. The Hall–Kier alpha value is -0.320. The van der Waals surface area contributed by atoms with Gasteiger partial charge in [-0.25, -0.2) is 4.68 Å². The molecule has 35 heavy (non-hydrogen) atoms. The molecule has 0 aliphatic carbocycles. The van der Waals surface area contributed by atoms with E-state index >= 15 is 0 Å². The van der Waals surface area contributed by atoms with Crippen LogP contribution >= 0.6 is 47.0 Å². The van der Waals surface area contributed by atoms with Crippen LogP contribution in [0.4, 0.5) is 0 Å². The van der Waals surface area contributed by atoms with Gasteiger partial charge in [0, 0.05) is 34.3 Å². The Morgan fingerprint density at radius 1 is 0.657 bits per heavy atom. The number of hydrogen-bond acceptors (Lipinski definition) is 8. The van der Waals surface area contributed by atoms with Crippen LogP contribution < -0.4 is 0 Å². The van der Waals surface area contributed by atoms with Crippen molar-refractivity contribution in [3.8, 4) is 0 Å². The molecule has 0 fully saturated rings. The van der Waals surface area contributed by atoms with Gasteiger partial charge in [-0.2, -0.15) is 50.3 Å². The number of rotatable bonds is 15. The van der Waals surface area contributed by atoms with Gasteiger partial charge >= 0.3 is 0 Å². The van der Waals surface area contributed by atoms with E-state index in [1.54, 1.807) is 0 Å². The van der Waals surface area contributed by atoms with Crippen LogP contribution in [0.5, 0.6) is 0 Å². The number of thioether (sulfide) groups is 4. The van der Waals surface area contributed by atoms with Gasteiger partial charge in [-0.15, -0.1) is 16.9 Å². The maximum absolute atomic E-state index is 5.03. The van der Waals surface area contributed by atoms with Crippen LogP contribution in [0.15, 0.2) is 0 Å². The van der Waals surface area contributed by atoms with Crippen LogP contribution in [0.2, 0.25) is 0 Å². The van der Waals surface area contributed by atoms with Gasteiger partial charge in [-0.05, 0) is 43.4 Å². The summed E-state index contributed by atoms with van der Waals surface area (Å²) in [5.41, 5.74) is 4.42. The van der Waals surface area contributed by atoms with Gasteiger partial charge in [-0.3, -0.25) is 0 Å². The molecule has 0 saturated carbocycles. The fourth-order valence-electron chi connectivity index (χ4n) is 3.18. The van der Waals surface area contributed by atoms with Crippen LogP contribution in [-0.4, -0.2) is 51.0 Å². The molecule has 6 nitrogen and oxygen atoms in total. The van der Waals surface area contributed by atoms with Crippen molar-refractivity contribution in [3.05, 3.63) is 22.8 Å². The summed E-state index contributed by atoms with van der Waals surface area (Å²) in [4.78, 5) is 1.99. The van der Waals surface area contributed by atoms with Gasteiger partial charge in [0.15, 0.2) is 0 Å². The molecule has 2 heterocycles. The highest BCUT2D eigenvalue weighted by Crippen LogP contribution is 2.34. The van der Waals surface area contributed by atoms with Crippen molar-refractivity contribution in [3.63, 3.8) is 0 Å². The SMILES string of the molecule is CC(C)SCc1nn(C(C)(C)C(C)SCc2c(CSC(C)C)nnn2C(C)C)nc1CSC(C)C. The van der Waals surface area contributed by atoms with Gasteiger partial charge in [0.25, 0.3) is 0 Å². The Kier molecular flexibility index (Phi) is 12.4. The molecule has 10 heteroatoms. The minimum Gasteiger partial charge on any atom is -0.246 e. The molecule has 2 aromatic rings. The van der Waals surface area contributed by atoms with E-state index in [0.29, 0.717) is 27.0 Å². The highest BCUT2D eigenvalue weighted by atomic mass is 32.2. The minimum absolute atomic E-state index is 0.217. The van der Waals surface area contributed by atoms with Crippen LogP contribution in [0.25, 0.3) is 0 Å². The summed E-state index contributed by atoms with van der Waals surface area (Å²) in [6.07, 6.45) is 0. The number of hydrogen-bond donors (Lipinski definition) is 0. The second kappa shape index (κ2) is 14.0. The fourth-order valence-corrected chi connectivity index (χ4v) is 6.53. The first-order chi connectivity index (χ1) is 16.3. The van der Waals surface area contributed by atoms with E-state index in [0.717, 1.165) is 40.1 Å². The van der Waals surface area contributed by atoms with Crippen molar-refractivity contribution in [1.29, 1.82) is 0 Å². The molecule has 0 radical (unpaired) electrons. The van der Waals surface area contributed by atoms with E-state index in [1.807, 2.05) is 51.8 Å². The lowest BCUT2D eigenvalue weighted by molar-refractivity contribution is 0.278. The van der Waals surface area contributed by atoms with E-state index in [9.17, 15) is 0 Å². The molecule has 2 aromatic heterocycles. The zero-order valence-corrected chi connectivity index (χ0v) is 26.8. The smallest absolute Gasteiger partial charge is 0.0967 e. The molecule has 0 N–H and O–H groups in total. The Labute approximate surface area is 230 Å². The summed E-state index contributed by atoms with van der Waals surface area (Å²) in [5, 5.41) is 21.1. The Balaban J connectivity index is 2.21. The van der Waals surface area contributed by atoms with Crippen LogP contribution in [0, 0.1) is 0 Å². The van der Waals surface area contributed by atoms with Gasteiger partial charge < -0.3 is 0 Å². The first kappa shape index (κ1) is 30.9. The lowest BCUT2D eigenvalue weighted by Crippen LogP contribution is -2.38. The van der Waals surface area contributed by atoms with Gasteiger partial charge in [0.2, 0.25) is 0 Å². The maximum atomic E-state index is 5.03. The highest BCUT2D eigenvalue weighted by molar-refractivity contribution is 7.99. The summed E-state index contributed by atoms with van der Waals surface area (Å²) in [7, 11) is 0. The Morgan fingerprint density at radius 3 is 1.54 bits per heavy atom. The summed E-state index contributed by atoms with van der Waals surface area (Å²) in [6, 6.07) is 0.300. The predicted octanol–water partition coefficient (Wildman–Crippen LogP) is 7.43. The molecular weight excluding hydrogens is 513 g/mol. The van der Waals surface area contributed by atoms with Crippen molar-refractivity contribution in [2.45, 2.75) is 132 Å². The quantitative estimate of drug-likeness (QED) is 0.224. The molecule has 0 aliphatic heterocycles. The zero-order chi connectivity index (χ0) is 26.3. The first-order valence-corrected chi connectivity index (χ1v) is 16.9. The lowest BCUT2D eigenvalue weighted by atomic mass is 10.0. The van der Waals surface area contributed by atoms with E-state index in [-0.39, 0.29) is 5.54 Å². The fraction of sp³-hybridized carbons (Fsp3) is 0.840. The highest BCUT2D eigenvalue weighted by Gasteiger charge is 2.32. The second-order valence-corrected chi connectivity index (χ2v) is 16.6. The molecule has 2 rings (SSSR count). The maximum Gasteiger partial charge on any atom is 0.0967 e. The third kappa shape index (κ3) is 9.18. The molecule has 0 aliphatic rings. The number of aromatic nitrogens is 6. The van der Waals surface area contributed by atoms with Crippen LogP contribution in [-0.2, 0) is 28.6 Å². The van der Waals surface area contributed by atoms with Gasteiger partial charge in [0.05, 0.1) is 28.3 Å². The largest absolute Gasteiger partial charge is 0.246 e. The third-order valence-electron chi connectivity index (χ3n) is 5.77. The summed E-state index contributed by atoms with van der Waals surface area (Å²) < 4.78 is 2.09. The minimum atomic E-state index is -0.217. The van der Waals surface area contributed by atoms with Crippen molar-refractivity contribution in [2.24, 2.45) is 0 Å². The zero-order valence-electron chi connectivity index (χ0n) is 23.5. The first-order valence-electron chi connectivity index (χ1n) is 12.7. The Bertz CT molecular complexity index is 874. The molecular formula is C25H46N6S4. The van der Waals surface area contributed by atoms with E-state index in [4.69, 9.17) is 10.2 Å². The van der Waals surface area contributed by atoms with Gasteiger partial charge in [-0.1, -0.05) is 53.7 Å². The lowest BCUT2D eigenvalue weighted by Gasteiger charge is -2.30. The monoisotopic (exact) mass is 558 g/mol. The third-order valence-corrected chi connectivity index (χ3v) is 10.6. The standard InChI is InChI=1S/C25H46N6S4/c1-16(2)30-24(23(26-29-30)14-34-19(7)8)15-35-20(9)25(10,11)31-27-21(12-32-17(3)4)22(28-31)13-33-18(5)6/h16-20H,12-15H2,1-11H3. The van der Waals surface area contributed by atoms with E-state index in [1.165, 1.54) is 5.69 Å². The van der Waals surface area contributed by atoms with Crippen molar-refractivity contribution in [2.75, 3.05) is 0 Å². The average Bonchev–Trinajstić information content (AvgIpc) is 3.37. The van der Waals surface area contributed by atoms with Crippen molar-refractivity contribution in [1.82, 2.24) is 30.0 Å². The molecule has 1 atom stereocenters. The molecule has 0 amide bonds. The molecule has 0 aromatic carbocycles. The topological polar surface area (TPSA) is 61.4 Å². The van der Waals surface area contributed by atoms with E-state index in [2.05, 4.69) is 91.2 Å². The van der Waals surface area contributed by atoms with Crippen molar-refractivity contribution >= 4 is 47.0 Å². The number of nitrogens with zero attached hydrogens (tertiary/aromatic N) is 6. The second-order valence-electron chi connectivity index (χ2n) is 10.6. The van der Waals surface area contributed by atoms with Crippen molar-refractivity contribution < 1.29 is 0 Å². The van der Waals surface area contributed by atoms with Crippen LogP contribution in [0.1, 0.15) is 105 Å².